The highest BCUT2D eigenvalue weighted by Crippen LogP contribution is 2.28. The smallest absolute Gasteiger partial charge is 0.255 e. The van der Waals surface area contributed by atoms with Crippen LogP contribution < -0.4 is 15.8 Å². The van der Waals surface area contributed by atoms with E-state index < -0.39 is 11.9 Å². The Balaban J connectivity index is 1.90. The summed E-state index contributed by atoms with van der Waals surface area (Å²) in [7, 11) is 1.53. The van der Waals surface area contributed by atoms with Crippen LogP contribution in [-0.4, -0.2) is 29.1 Å². The van der Waals surface area contributed by atoms with Gasteiger partial charge in [-0.25, -0.2) is 0 Å². The molecule has 7 nitrogen and oxygen atoms in total. The number of primary amides is 1. The molecule has 4 N–H and O–H groups in total. The van der Waals surface area contributed by atoms with Crippen molar-refractivity contribution in [2.24, 2.45) is 5.73 Å². The van der Waals surface area contributed by atoms with E-state index in [4.69, 9.17) is 10.5 Å². The minimum atomic E-state index is -0.621. The number of hydrogen-bond acceptors (Lipinski definition) is 4. The SMILES string of the molecule is COc1ccccc1[C@H](CC(N)=O)NC(=O)c1cn[nH]c1-c1ccccc1. The Morgan fingerprint density at radius 3 is 2.56 bits per heavy atom. The molecule has 0 saturated heterocycles. The molecule has 0 fully saturated rings. The minimum absolute atomic E-state index is 0.0510. The second kappa shape index (κ2) is 8.18. The lowest BCUT2D eigenvalue weighted by atomic mass is 10.0. The van der Waals surface area contributed by atoms with Crippen molar-refractivity contribution in [1.82, 2.24) is 15.5 Å². The normalized spacial score (nSPS) is 11.6. The molecule has 7 heteroatoms. The van der Waals surface area contributed by atoms with Gasteiger partial charge in [-0.15, -0.1) is 0 Å². The molecule has 3 rings (SSSR count). The molecular formula is C20H20N4O3. The average Bonchev–Trinajstić information content (AvgIpc) is 3.18. The number of rotatable bonds is 7. The molecule has 0 radical (unpaired) electrons. The van der Waals surface area contributed by atoms with Gasteiger partial charge in [-0.2, -0.15) is 5.10 Å². The first kappa shape index (κ1) is 18.2. The summed E-state index contributed by atoms with van der Waals surface area (Å²) in [5.41, 5.74) is 7.89. The van der Waals surface area contributed by atoms with Crippen molar-refractivity contribution in [3.05, 3.63) is 71.9 Å². The van der Waals surface area contributed by atoms with E-state index in [1.54, 1.807) is 12.1 Å². The largest absolute Gasteiger partial charge is 0.496 e. The van der Waals surface area contributed by atoms with Crippen LogP contribution in [0.4, 0.5) is 0 Å². The van der Waals surface area contributed by atoms with Crippen LogP contribution in [0.2, 0.25) is 0 Å². The van der Waals surface area contributed by atoms with E-state index >= 15 is 0 Å². The standard InChI is InChI=1S/C20H20N4O3/c1-27-17-10-6-5-9-14(17)16(11-18(21)25)23-20(26)15-12-22-24-19(15)13-7-3-2-4-8-13/h2-10,12,16H,11H2,1H3,(H2,21,25)(H,22,24)(H,23,26)/t16-/m0/s1. The van der Waals surface area contributed by atoms with Crippen LogP contribution in [0.15, 0.2) is 60.8 Å². The Kier molecular flexibility index (Phi) is 5.51. The number of hydrogen-bond donors (Lipinski definition) is 3. The maximum absolute atomic E-state index is 12.9. The summed E-state index contributed by atoms with van der Waals surface area (Å²) < 4.78 is 5.35. The summed E-state index contributed by atoms with van der Waals surface area (Å²) in [6, 6.07) is 16.0. The monoisotopic (exact) mass is 364 g/mol. The van der Waals surface area contributed by atoms with E-state index in [9.17, 15) is 9.59 Å². The molecule has 1 heterocycles. The van der Waals surface area contributed by atoms with Crippen LogP contribution in [0.25, 0.3) is 11.3 Å². The Morgan fingerprint density at radius 1 is 1.15 bits per heavy atom. The predicted molar refractivity (Wildman–Crippen MR) is 101 cm³/mol. The van der Waals surface area contributed by atoms with Gasteiger partial charge in [0.2, 0.25) is 5.91 Å². The number of nitrogens with one attached hydrogen (secondary N) is 2. The molecule has 0 aliphatic rings. The second-order valence-electron chi connectivity index (χ2n) is 5.96. The van der Waals surface area contributed by atoms with E-state index in [2.05, 4.69) is 15.5 Å². The lowest BCUT2D eigenvalue weighted by Gasteiger charge is -2.20. The number of para-hydroxylation sites is 1. The fraction of sp³-hybridized carbons (Fsp3) is 0.150. The molecule has 1 atom stereocenters. The van der Waals surface area contributed by atoms with Gasteiger partial charge in [0.25, 0.3) is 5.91 Å². The van der Waals surface area contributed by atoms with Gasteiger partial charge in [-0.1, -0.05) is 48.5 Å². The molecule has 0 aliphatic carbocycles. The highest BCUT2D eigenvalue weighted by atomic mass is 16.5. The van der Waals surface area contributed by atoms with E-state index in [0.717, 1.165) is 5.56 Å². The summed E-state index contributed by atoms with van der Waals surface area (Å²) >= 11 is 0. The number of carbonyl (C=O) groups is 2. The van der Waals surface area contributed by atoms with Crippen LogP contribution in [0.5, 0.6) is 5.75 Å². The zero-order valence-electron chi connectivity index (χ0n) is 14.8. The van der Waals surface area contributed by atoms with Crippen LogP contribution >= 0.6 is 0 Å². The van der Waals surface area contributed by atoms with E-state index in [1.165, 1.54) is 13.3 Å². The Morgan fingerprint density at radius 2 is 1.85 bits per heavy atom. The number of aromatic nitrogens is 2. The molecule has 27 heavy (non-hydrogen) atoms. The minimum Gasteiger partial charge on any atom is -0.496 e. The van der Waals surface area contributed by atoms with Crippen molar-refractivity contribution in [1.29, 1.82) is 0 Å². The highest BCUT2D eigenvalue weighted by molar-refractivity contribution is 6.00. The Hall–Kier alpha value is -3.61. The molecular weight excluding hydrogens is 344 g/mol. The number of H-pyrrole nitrogens is 1. The number of amides is 2. The van der Waals surface area contributed by atoms with Gasteiger partial charge in [-0.05, 0) is 6.07 Å². The van der Waals surface area contributed by atoms with Crippen molar-refractivity contribution in [2.75, 3.05) is 7.11 Å². The lowest BCUT2D eigenvalue weighted by molar-refractivity contribution is -0.118. The summed E-state index contributed by atoms with van der Waals surface area (Å²) in [6.45, 7) is 0. The lowest BCUT2D eigenvalue weighted by Crippen LogP contribution is -2.32. The predicted octanol–water partition coefficient (Wildman–Crippen LogP) is 2.43. The molecule has 3 aromatic rings. The molecule has 138 valence electrons. The van der Waals surface area contributed by atoms with Gasteiger partial charge in [0.05, 0.1) is 37.0 Å². The number of nitrogens with zero attached hydrogens (tertiary/aromatic N) is 1. The molecule has 2 aromatic carbocycles. The quantitative estimate of drug-likeness (QED) is 0.598. The van der Waals surface area contributed by atoms with Gasteiger partial charge >= 0.3 is 0 Å². The van der Waals surface area contributed by atoms with Crippen molar-refractivity contribution in [3.63, 3.8) is 0 Å². The first-order chi connectivity index (χ1) is 13.1. The summed E-state index contributed by atoms with van der Waals surface area (Å²) in [6.07, 6.45) is 1.41. The third-order valence-corrected chi connectivity index (χ3v) is 4.17. The Labute approximate surface area is 156 Å². The third-order valence-electron chi connectivity index (χ3n) is 4.17. The van der Waals surface area contributed by atoms with E-state index in [1.807, 2.05) is 42.5 Å². The fourth-order valence-electron chi connectivity index (χ4n) is 2.91. The number of methoxy groups -OCH3 is 1. The van der Waals surface area contributed by atoms with Crippen LogP contribution in [0.1, 0.15) is 28.4 Å². The maximum Gasteiger partial charge on any atom is 0.255 e. The molecule has 0 spiro atoms. The molecule has 1 aromatic heterocycles. The molecule has 0 unspecified atom stereocenters. The Bertz CT molecular complexity index is 937. The highest BCUT2D eigenvalue weighted by Gasteiger charge is 2.23. The average molecular weight is 364 g/mol. The number of ether oxygens (including phenoxy) is 1. The second-order valence-corrected chi connectivity index (χ2v) is 5.96. The summed E-state index contributed by atoms with van der Waals surface area (Å²) in [5, 5.41) is 9.72. The van der Waals surface area contributed by atoms with Crippen LogP contribution in [0.3, 0.4) is 0 Å². The van der Waals surface area contributed by atoms with Crippen LogP contribution in [0, 0.1) is 0 Å². The number of carbonyl (C=O) groups excluding carboxylic acids is 2. The summed E-state index contributed by atoms with van der Waals surface area (Å²) in [4.78, 5) is 24.5. The van der Waals surface area contributed by atoms with Gasteiger partial charge in [0, 0.05) is 11.1 Å². The number of aromatic amines is 1. The fourth-order valence-corrected chi connectivity index (χ4v) is 2.91. The zero-order valence-corrected chi connectivity index (χ0v) is 14.8. The number of benzene rings is 2. The first-order valence-corrected chi connectivity index (χ1v) is 8.41. The molecule has 0 saturated carbocycles. The first-order valence-electron chi connectivity index (χ1n) is 8.41. The molecule has 0 aliphatic heterocycles. The van der Waals surface area contributed by atoms with E-state index in [-0.39, 0.29) is 12.3 Å². The van der Waals surface area contributed by atoms with Crippen molar-refractivity contribution in [3.8, 4) is 17.0 Å². The zero-order chi connectivity index (χ0) is 19.2. The van der Waals surface area contributed by atoms with Gasteiger partial charge in [0.1, 0.15) is 5.75 Å². The molecule has 2 amide bonds. The summed E-state index contributed by atoms with van der Waals surface area (Å²) in [5.74, 6) is -0.319. The third kappa shape index (κ3) is 4.14. The topological polar surface area (TPSA) is 110 Å². The molecule has 0 bridgehead atoms. The van der Waals surface area contributed by atoms with Gasteiger partial charge in [0.15, 0.2) is 0 Å². The van der Waals surface area contributed by atoms with Gasteiger partial charge < -0.3 is 15.8 Å². The van der Waals surface area contributed by atoms with Crippen LogP contribution in [-0.2, 0) is 4.79 Å². The van der Waals surface area contributed by atoms with Crippen molar-refractivity contribution in [2.45, 2.75) is 12.5 Å². The maximum atomic E-state index is 12.9. The number of nitrogens with two attached hydrogens (primary N) is 1. The van der Waals surface area contributed by atoms with Crippen molar-refractivity contribution < 1.29 is 14.3 Å². The van der Waals surface area contributed by atoms with Crippen molar-refractivity contribution >= 4 is 11.8 Å². The van der Waals surface area contributed by atoms with E-state index in [0.29, 0.717) is 22.6 Å². The van der Waals surface area contributed by atoms with Gasteiger partial charge in [-0.3, -0.25) is 14.7 Å².